The molecule has 0 aliphatic rings. The van der Waals surface area contributed by atoms with Crippen LogP contribution in [0.4, 0.5) is 5.69 Å². The summed E-state index contributed by atoms with van der Waals surface area (Å²) in [7, 11) is 0. The van der Waals surface area contributed by atoms with Gasteiger partial charge in [-0.15, -0.1) is 11.3 Å². The van der Waals surface area contributed by atoms with Gasteiger partial charge >= 0.3 is 0 Å². The summed E-state index contributed by atoms with van der Waals surface area (Å²) in [6, 6.07) is 9.78. The maximum Gasteiger partial charge on any atom is 0.181 e. The molecule has 3 aromatic rings. The number of aromatic nitrogens is 3. The van der Waals surface area contributed by atoms with Crippen molar-refractivity contribution in [2.45, 2.75) is 6.92 Å². The summed E-state index contributed by atoms with van der Waals surface area (Å²) in [5, 5.41) is 9.24. The molecule has 0 amide bonds. The molecule has 0 unspecified atom stereocenters. The summed E-state index contributed by atoms with van der Waals surface area (Å²) in [5.74, 6) is 1.48. The quantitative estimate of drug-likeness (QED) is 0.692. The molecule has 0 bridgehead atoms. The number of nitrogens with two attached hydrogens (primary N) is 1. The van der Waals surface area contributed by atoms with Gasteiger partial charge in [-0.3, -0.25) is 5.10 Å². The number of H-pyrrole nitrogens is 1. The van der Waals surface area contributed by atoms with E-state index in [0.717, 1.165) is 27.5 Å². The van der Waals surface area contributed by atoms with Crippen LogP contribution in [0, 0.1) is 6.92 Å². The van der Waals surface area contributed by atoms with E-state index in [-0.39, 0.29) is 0 Å². The average molecular weight is 256 g/mol. The molecular weight excluding hydrogens is 244 g/mol. The molecule has 1 aromatic carbocycles. The van der Waals surface area contributed by atoms with E-state index in [1.807, 2.05) is 42.6 Å². The zero-order valence-corrected chi connectivity index (χ0v) is 10.7. The fourth-order valence-electron chi connectivity index (χ4n) is 1.80. The van der Waals surface area contributed by atoms with E-state index in [1.165, 1.54) is 0 Å². The Balaban J connectivity index is 2.06. The van der Waals surface area contributed by atoms with Crippen molar-refractivity contribution < 1.29 is 0 Å². The SMILES string of the molecule is Cc1c(N)cccc1-c1n[nH]c(-c2cccs2)n1. The maximum absolute atomic E-state index is 5.90. The second-order valence-electron chi connectivity index (χ2n) is 4.00. The third-order valence-electron chi connectivity index (χ3n) is 2.86. The van der Waals surface area contributed by atoms with Crippen LogP contribution in [0.15, 0.2) is 35.7 Å². The average Bonchev–Trinajstić information content (AvgIpc) is 3.01. The second kappa shape index (κ2) is 4.27. The van der Waals surface area contributed by atoms with Crippen molar-refractivity contribution in [2.75, 3.05) is 5.73 Å². The molecule has 4 nitrogen and oxygen atoms in total. The maximum atomic E-state index is 5.90. The smallest absolute Gasteiger partial charge is 0.181 e. The topological polar surface area (TPSA) is 67.6 Å². The Hall–Kier alpha value is -2.14. The highest BCUT2D eigenvalue weighted by molar-refractivity contribution is 7.13. The lowest BCUT2D eigenvalue weighted by molar-refractivity contribution is 1.10. The first-order valence-electron chi connectivity index (χ1n) is 5.57. The number of benzene rings is 1. The number of hydrogen-bond donors (Lipinski definition) is 2. The zero-order valence-electron chi connectivity index (χ0n) is 9.84. The van der Waals surface area contributed by atoms with Gasteiger partial charge in [0.1, 0.15) is 0 Å². The van der Waals surface area contributed by atoms with Crippen LogP contribution in [0.3, 0.4) is 0 Å². The molecule has 0 aliphatic heterocycles. The van der Waals surface area contributed by atoms with E-state index in [2.05, 4.69) is 15.2 Å². The fourth-order valence-corrected chi connectivity index (χ4v) is 2.47. The molecule has 0 saturated carbocycles. The van der Waals surface area contributed by atoms with Gasteiger partial charge in [-0.2, -0.15) is 5.10 Å². The van der Waals surface area contributed by atoms with Crippen LogP contribution in [0.2, 0.25) is 0 Å². The Morgan fingerprint density at radius 2 is 2.11 bits per heavy atom. The summed E-state index contributed by atoms with van der Waals surface area (Å²) >= 11 is 1.63. The fraction of sp³-hybridized carbons (Fsp3) is 0.0769. The standard InChI is InChI=1S/C13H12N4S/c1-8-9(4-2-5-10(8)14)12-15-13(17-16-12)11-6-3-7-18-11/h2-7H,14H2,1H3,(H,15,16,17). The predicted molar refractivity (Wildman–Crippen MR) is 74.3 cm³/mol. The Morgan fingerprint density at radius 3 is 2.89 bits per heavy atom. The van der Waals surface area contributed by atoms with Gasteiger partial charge in [-0.1, -0.05) is 18.2 Å². The van der Waals surface area contributed by atoms with E-state index < -0.39 is 0 Å². The van der Waals surface area contributed by atoms with E-state index in [9.17, 15) is 0 Å². The lowest BCUT2D eigenvalue weighted by Crippen LogP contribution is -1.92. The number of nitrogens with zero attached hydrogens (tertiary/aromatic N) is 2. The molecule has 0 spiro atoms. The van der Waals surface area contributed by atoms with E-state index in [1.54, 1.807) is 11.3 Å². The molecule has 90 valence electrons. The largest absolute Gasteiger partial charge is 0.398 e. The first kappa shape index (κ1) is 11.0. The van der Waals surface area contributed by atoms with Crippen LogP contribution in [-0.2, 0) is 0 Å². The van der Waals surface area contributed by atoms with Gasteiger partial charge in [0.25, 0.3) is 0 Å². The second-order valence-corrected chi connectivity index (χ2v) is 4.95. The first-order chi connectivity index (χ1) is 8.75. The van der Waals surface area contributed by atoms with Gasteiger partial charge in [-0.05, 0) is 30.0 Å². The Bertz CT molecular complexity index is 670. The van der Waals surface area contributed by atoms with Gasteiger partial charge in [0.15, 0.2) is 11.6 Å². The van der Waals surface area contributed by atoms with Crippen LogP contribution >= 0.6 is 11.3 Å². The zero-order chi connectivity index (χ0) is 12.5. The van der Waals surface area contributed by atoms with Crippen LogP contribution in [0.1, 0.15) is 5.56 Å². The third-order valence-corrected chi connectivity index (χ3v) is 3.73. The number of thiophene rings is 1. The Kier molecular flexibility index (Phi) is 2.60. The number of nitrogens with one attached hydrogen (secondary N) is 1. The van der Waals surface area contributed by atoms with Gasteiger partial charge in [0, 0.05) is 11.3 Å². The minimum absolute atomic E-state index is 0.684. The summed E-state index contributed by atoms with van der Waals surface area (Å²) in [6.07, 6.45) is 0. The molecule has 0 aliphatic carbocycles. The summed E-state index contributed by atoms with van der Waals surface area (Å²) < 4.78 is 0. The molecule has 0 saturated heterocycles. The molecule has 0 atom stereocenters. The highest BCUT2D eigenvalue weighted by atomic mass is 32.1. The molecular formula is C13H12N4S. The van der Waals surface area contributed by atoms with Crippen LogP contribution in [0.25, 0.3) is 22.1 Å². The van der Waals surface area contributed by atoms with E-state index >= 15 is 0 Å². The Morgan fingerprint density at radius 1 is 1.22 bits per heavy atom. The van der Waals surface area contributed by atoms with E-state index in [0.29, 0.717) is 5.82 Å². The molecule has 0 radical (unpaired) electrons. The molecule has 3 rings (SSSR count). The molecule has 18 heavy (non-hydrogen) atoms. The molecule has 2 heterocycles. The molecule has 3 N–H and O–H groups in total. The van der Waals surface area contributed by atoms with Gasteiger partial charge in [0.2, 0.25) is 0 Å². The lowest BCUT2D eigenvalue weighted by Gasteiger charge is -2.03. The first-order valence-corrected chi connectivity index (χ1v) is 6.45. The third kappa shape index (κ3) is 1.78. The van der Waals surface area contributed by atoms with Crippen molar-refractivity contribution >= 4 is 17.0 Å². The van der Waals surface area contributed by atoms with Crippen LogP contribution in [0.5, 0.6) is 0 Å². The summed E-state index contributed by atoms with van der Waals surface area (Å²) in [5.41, 5.74) is 8.63. The number of anilines is 1. The monoisotopic (exact) mass is 256 g/mol. The van der Waals surface area contributed by atoms with Crippen LogP contribution in [-0.4, -0.2) is 15.2 Å². The van der Waals surface area contributed by atoms with Gasteiger partial charge in [0.05, 0.1) is 4.88 Å². The number of aromatic amines is 1. The highest BCUT2D eigenvalue weighted by Gasteiger charge is 2.11. The molecule has 2 aromatic heterocycles. The van der Waals surface area contributed by atoms with Crippen molar-refractivity contribution in [2.24, 2.45) is 0 Å². The Labute approximate surface area is 109 Å². The number of hydrogen-bond acceptors (Lipinski definition) is 4. The van der Waals surface area contributed by atoms with E-state index in [4.69, 9.17) is 5.73 Å². The lowest BCUT2D eigenvalue weighted by atomic mass is 10.1. The summed E-state index contributed by atoms with van der Waals surface area (Å²) in [4.78, 5) is 5.59. The van der Waals surface area contributed by atoms with Crippen LogP contribution < -0.4 is 5.73 Å². The van der Waals surface area contributed by atoms with Crippen molar-refractivity contribution in [1.29, 1.82) is 0 Å². The van der Waals surface area contributed by atoms with Crippen molar-refractivity contribution in [3.8, 4) is 22.1 Å². The number of nitrogen functional groups attached to an aromatic ring is 1. The predicted octanol–water partition coefficient (Wildman–Crippen LogP) is 3.09. The van der Waals surface area contributed by atoms with Crippen molar-refractivity contribution in [3.05, 3.63) is 41.3 Å². The highest BCUT2D eigenvalue weighted by Crippen LogP contribution is 2.27. The van der Waals surface area contributed by atoms with Crippen molar-refractivity contribution in [1.82, 2.24) is 15.2 Å². The minimum Gasteiger partial charge on any atom is -0.398 e. The van der Waals surface area contributed by atoms with Gasteiger partial charge in [-0.25, -0.2) is 4.98 Å². The number of rotatable bonds is 2. The molecule has 5 heteroatoms. The normalized spacial score (nSPS) is 10.7. The van der Waals surface area contributed by atoms with Crippen molar-refractivity contribution in [3.63, 3.8) is 0 Å². The minimum atomic E-state index is 0.684. The molecule has 0 fully saturated rings. The van der Waals surface area contributed by atoms with Gasteiger partial charge < -0.3 is 5.73 Å². The summed E-state index contributed by atoms with van der Waals surface area (Å²) in [6.45, 7) is 1.98.